The topological polar surface area (TPSA) is 39.6 Å². The van der Waals surface area contributed by atoms with Crippen LogP contribution in [0.25, 0.3) is 32.3 Å². The molecule has 6 heteroatoms. The van der Waals surface area contributed by atoms with E-state index in [0.717, 1.165) is 50.2 Å². The van der Waals surface area contributed by atoms with Gasteiger partial charge >= 0.3 is 0 Å². The average Bonchev–Trinajstić information content (AvgIpc) is 3.60. The smallest absolute Gasteiger partial charge is 0.252 e. The van der Waals surface area contributed by atoms with Crippen LogP contribution in [0.3, 0.4) is 0 Å². The van der Waals surface area contributed by atoms with Crippen LogP contribution >= 0.6 is 0 Å². The van der Waals surface area contributed by atoms with Crippen LogP contribution in [0.5, 0.6) is 0 Å². The summed E-state index contributed by atoms with van der Waals surface area (Å²) in [6, 6.07) is 51.8. The van der Waals surface area contributed by atoms with Crippen molar-refractivity contribution in [2.45, 2.75) is 105 Å². The molecule has 0 unspecified atom stereocenters. The standard InChI is InChI=1S/C60H58BN5/c1-57(2,3)38-15-22-43(23-16-38)64-52-27-19-40(59(7,8)9)31-48(52)61-49-32-41(60(10,11)12)20-28-53(49)65(44-24-17-39(18-25-44)58(4,5)6)55-35-45(34-54(64)56(55)61)66-50-26-14-37(36-62)30-46(50)47-33-42(63-13)21-29-51(47)66/h14-35H,1-12H3. The van der Waals surface area contributed by atoms with Crippen molar-refractivity contribution in [2.75, 3.05) is 9.80 Å². The van der Waals surface area contributed by atoms with Crippen LogP contribution in [0.2, 0.25) is 0 Å². The van der Waals surface area contributed by atoms with E-state index in [9.17, 15) is 5.26 Å². The molecule has 66 heavy (non-hydrogen) atoms. The molecule has 0 fully saturated rings. The van der Waals surface area contributed by atoms with Crippen molar-refractivity contribution in [3.8, 4) is 11.8 Å². The zero-order valence-electron chi connectivity index (χ0n) is 40.5. The van der Waals surface area contributed by atoms with Crippen LogP contribution in [0, 0.1) is 17.9 Å². The normalized spacial score (nSPS) is 13.6. The Kier molecular flexibility index (Phi) is 9.59. The van der Waals surface area contributed by atoms with Crippen LogP contribution in [0.1, 0.15) is 111 Å². The maximum Gasteiger partial charge on any atom is 0.252 e. The second-order valence-electron chi connectivity index (χ2n) is 22.6. The Morgan fingerprint density at radius 3 is 1.30 bits per heavy atom. The summed E-state index contributed by atoms with van der Waals surface area (Å²) in [6.07, 6.45) is 0. The molecule has 0 bridgehead atoms. The van der Waals surface area contributed by atoms with E-state index in [0.29, 0.717) is 11.3 Å². The van der Waals surface area contributed by atoms with E-state index in [1.807, 2.05) is 24.3 Å². The number of hydrogen-bond acceptors (Lipinski definition) is 3. The summed E-state index contributed by atoms with van der Waals surface area (Å²) in [4.78, 5) is 8.84. The molecule has 2 aliphatic heterocycles. The highest BCUT2D eigenvalue weighted by molar-refractivity contribution is 7.00. The van der Waals surface area contributed by atoms with Crippen molar-refractivity contribution in [1.29, 1.82) is 5.26 Å². The van der Waals surface area contributed by atoms with Crippen molar-refractivity contribution < 1.29 is 0 Å². The molecule has 10 rings (SSSR count). The molecule has 0 amide bonds. The summed E-state index contributed by atoms with van der Waals surface area (Å²) in [6.45, 7) is 35.4. The molecule has 0 atom stereocenters. The van der Waals surface area contributed by atoms with Gasteiger partial charge in [-0.25, -0.2) is 4.85 Å². The zero-order chi connectivity index (χ0) is 46.8. The summed E-state index contributed by atoms with van der Waals surface area (Å²) in [7, 11) is 0. The molecule has 0 saturated carbocycles. The number of nitriles is 1. The fourth-order valence-electron chi connectivity index (χ4n) is 10.3. The first-order valence-corrected chi connectivity index (χ1v) is 23.3. The predicted molar refractivity (Wildman–Crippen MR) is 281 cm³/mol. The van der Waals surface area contributed by atoms with Crippen molar-refractivity contribution in [3.63, 3.8) is 0 Å². The van der Waals surface area contributed by atoms with Gasteiger partial charge in [0.15, 0.2) is 5.69 Å². The highest BCUT2D eigenvalue weighted by atomic mass is 15.2. The van der Waals surface area contributed by atoms with E-state index in [4.69, 9.17) is 6.57 Å². The number of rotatable bonds is 3. The van der Waals surface area contributed by atoms with Gasteiger partial charge in [0.25, 0.3) is 6.71 Å². The minimum absolute atomic E-state index is 0.00328. The van der Waals surface area contributed by atoms with Gasteiger partial charge in [0.05, 0.1) is 34.9 Å². The molecule has 0 N–H and O–H groups in total. The first-order chi connectivity index (χ1) is 31.1. The number of hydrogen-bond donors (Lipinski definition) is 0. The number of benzene rings is 7. The van der Waals surface area contributed by atoms with E-state index >= 15 is 0 Å². The van der Waals surface area contributed by atoms with Gasteiger partial charge in [0, 0.05) is 39.5 Å². The molecule has 3 heterocycles. The fraction of sp³-hybridized carbons (Fsp3) is 0.267. The van der Waals surface area contributed by atoms with Gasteiger partial charge in [0.2, 0.25) is 0 Å². The van der Waals surface area contributed by atoms with E-state index in [1.54, 1.807) is 0 Å². The summed E-state index contributed by atoms with van der Waals surface area (Å²) >= 11 is 0. The van der Waals surface area contributed by atoms with Crippen LogP contribution < -0.4 is 26.2 Å². The van der Waals surface area contributed by atoms with Crippen LogP contribution in [-0.2, 0) is 21.7 Å². The van der Waals surface area contributed by atoms with E-state index in [-0.39, 0.29) is 28.4 Å². The number of nitrogens with zero attached hydrogens (tertiary/aromatic N) is 5. The molecular formula is C60H58BN5. The lowest BCUT2D eigenvalue weighted by molar-refractivity contribution is 0.590. The molecule has 7 aromatic carbocycles. The second-order valence-corrected chi connectivity index (χ2v) is 22.6. The monoisotopic (exact) mass is 859 g/mol. The molecule has 0 radical (unpaired) electrons. The van der Waals surface area contributed by atoms with Gasteiger partial charge in [0.1, 0.15) is 0 Å². The second kappa shape index (κ2) is 14.8. The van der Waals surface area contributed by atoms with Crippen molar-refractivity contribution in [2.24, 2.45) is 0 Å². The number of anilines is 6. The average molecular weight is 860 g/mol. The van der Waals surface area contributed by atoms with E-state index < -0.39 is 0 Å². The molecule has 326 valence electrons. The van der Waals surface area contributed by atoms with Crippen LogP contribution in [-0.4, -0.2) is 11.3 Å². The summed E-state index contributed by atoms with van der Waals surface area (Å²) in [5, 5.41) is 12.0. The third-order valence-corrected chi connectivity index (χ3v) is 14.0. The first kappa shape index (κ1) is 42.9. The van der Waals surface area contributed by atoms with Crippen LogP contribution in [0.15, 0.2) is 133 Å². The first-order valence-electron chi connectivity index (χ1n) is 23.3. The minimum Gasteiger partial charge on any atom is -0.311 e. The highest BCUT2D eigenvalue weighted by Gasteiger charge is 2.45. The molecule has 0 aliphatic carbocycles. The predicted octanol–water partition coefficient (Wildman–Crippen LogP) is 14.5. The Labute approximate surface area is 391 Å². The third-order valence-electron chi connectivity index (χ3n) is 14.0. The van der Waals surface area contributed by atoms with Crippen molar-refractivity contribution in [3.05, 3.63) is 173 Å². The van der Waals surface area contributed by atoms with Gasteiger partial charge in [-0.3, -0.25) is 0 Å². The zero-order valence-corrected chi connectivity index (χ0v) is 40.5. The Bertz CT molecular complexity index is 3150. The van der Waals surface area contributed by atoms with Crippen molar-refractivity contribution in [1.82, 2.24) is 4.57 Å². The van der Waals surface area contributed by atoms with Gasteiger partial charge in [-0.1, -0.05) is 138 Å². The van der Waals surface area contributed by atoms with Gasteiger partial charge in [-0.2, -0.15) is 5.26 Å². The molecule has 5 nitrogen and oxygen atoms in total. The largest absolute Gasteiger partial charge is 0.311 e. The fourth-order valence-corrected chi connectivity index (χ4v) is 10.3. The SMILES string of the molecule is [C-]#[N+]c1ccc2c(c1)c1cc(C#N)ccc1n2-c1cc2c3c(c1)N(c1ccc(C(C)(C)C)cc1)c1ccc(C(C)(C)C)cc1B3c1cc(C(C)(C)C)ccc1N2c1ccc(C(C)(C)C)cc1. The molecule has 0 saturated heterocycles. The van der Waals surface area contributed by atoms with E-state index in [2.05, 4.69) is 218 Å². The lowest BCUT2D eigenvalue weighted by Gasteiger charge is -2.45. The molecule has 0 spiro atoms. The van der Waals surface area contributed by atoms with E-state index in [1.165, 1.54) is 50.0 Å². The lowest BCUT2D eigenvalue weighted by Crippen LogP contribution is -2.61. The summed E-state index contributed by atoms with van der Waals surface area (Å²) < 4.78 is 2.34. The molecule has 8 aromatic rings. The molecule has 1 aromatic heterocycles. The summed E-state index contributed by atoms with van der Waals surface area (Å²) in [5.41, 5.74) is 19.8. The number of aromatic nitrogens is 1. The van der Waals surface area contributed by atoms with Crippen LogP contribution in [0.4, 0.5) is 39.8 Å². The molecular weight excluding hydrogens is 802 g/mol. The Balaban J connectivity index is 1.37. The van der Waals surface area contributed by atoms with Gasteiger partial charge in [-0.05, 0) is 145 Å². The highest BCUT2D eigenvalue weighted by Crippen LogP contribution is 2.48. The Morgan fingerprint density at radius 1 is 0.455 bits per heavy atom. The Hall–Kier alpha value is -7.02. The lowest BCUT2D eigenvalue weighted by atomic mass is 9.33. The Morgan fingerprint density at radius 2 is 0.879 bits per heavy atom. The summed E-state index contributed by atoms with van der Waals surface area (Å²) in [5.74, 6) is 0. The quantitative estimate of drug-likeness (QED) is 0.131. The third kappa shape index (κ3) is 6.89. The van der Waals surface area contributed by atoms with Crippen molar-refractivity contribution >= 4 is 84.7 Å². The van der Waals surface area contributed by atoms with Gasteiger partial charge in [-0.15, -0.1) is 0 Å². The maximum atomic E-state index is 10.1. The molecule has 2 aliphatic rings. The minimum atomic E-state index is -0.0676. The van der Waals surface area contributed by atoms with Gasteiger partial charge < -0.3 is 14.4 Å². The number of fused-ring (bicyclic) bond motifs is 7. The maximum absolute atomic E-state index is 10.1.